The molecule has 0 bridgehead atoms. The number of ether oxygens (including phenoxy) is 5. The van der Waals surface area contributed by atoms with Gasteiger partial charge in [0.05, 0.1) is 11.5 Å². The zero-order chi connectivity index (χ0) is 31.6. The number of epoxide rings is 1. The van der Waals surface area contributed by atoms with E-state index in [4.69, 9.17) is 23.7 Å². The quantitative estimate of drug-likeness (QED) is 0.212. The Bertz CT molecular complexity index is 1380. The second kappa shape index (κ2) is 10.6. The van der Waals surface area contributed by atoms with Crippen molar-refractivity contribution in [3.05, 3.63) is 47.5 Å². The smallest absolute Gasteiger partial charge is 0.338 e. The van der Waals surface area contributed by atoms with Crippen LogP contribution in [0, 0.1) is 29.1 Å². The minimum atomic E-state index is -1.34. The molecule has 10 heteroatoms. The summed E-state index contributed by atoms with van der Waals surface area (Å²) in [5.74, 6) is -4.41. The van der Waals surface area contributed by atoms with E-state index < -0.39 is 82.7 Å². The summed E-state index contributed by atoms with van der Waals surface area (Å²) in [6.45, 7) is 13.1. The highest BCUT2D eigenvalue weighted by molar-refractivity contribution is 5.96. The molecule has 0 spiro atoms. The predicted octanol–water partition coefficient (Wildman–Crippen LogP) is 3.99. The fraction of sp³-hybridized carbons (Fsp3) is 0.606. The summed E-state index contributed by atoms with van der Waals surface area (Å²) >= 11 is 0. The molecule has 43 heavy (non-hydrogen) atoms. The monoisotopic (exact) mass is 596 g/mol. The standard InChI is InChI=1S/C33H40O10/c1-16-14-33-29(41-21(6)36)17(2)15-32(33,43-33)28(37)18(3)26(39-19(4)34)23-24(31(23,7)8)27(40-20(5)35)25(16)42-30(38)22-12-10-9-11-13-22/h9-14,17-18,23-27,29H,15H2,1-8H3/b16-14-/t17-,18-,23-,24+,25+,26-,27+,29-,32-,33-/m1/s1. The molecule has 232 valence electrons. The third-order valence-corrected chi connectivity index (χ3v) is 9.82. The van der Waals surface area contributed by atoms with Gasteiger partial charge in [-0.2, -0.15) is 0 Å². The van der Waals surface area contributed by atoms with E-state index in [1.54, 1.807) is 50.3 Å². The highest BCUT2D eigenvalue weighted by atomic mass is 16.7. The van der Waals surface area contributed by atoms with E-state index in [1.807, 2.05) is 20.8 Å². The van der Waals surface area contributed by atoms with Gasteiger partial charge in [-0.25, -0.2) is 4.79 Å². The van der Waals surface area contributed by atoms with Crippen LogP contribution >= 0.6 is 0 Å². The van der Waals surface area contributed by atoms with Gasteiger partial charge in [0.25, 0.3) is 0 Å². The van der Waals surface area contributed by atoms with E-state index in [0.717, 1.165) is 0 Å². The van der Waals surface area contributed by atoms with Gasteiger partial charge in [-0.3, -0.25) is 19.2 Å². The number of benzene rings is 1. The number of rotatable bonds is 5. The molecule has 5 rings (SSSR count). The summed E-state index contributed by atoms with van der Waals surface area (Å²) in [5.41, 5.74) is -2.45. The topological polar surface area (TPSA) is 135 Å². The van der Waals surface area contributed by atoms with Crippen LogP contribution in [0.25, 0.3) is 0 Å². The molecule has 0 radical (unpaired) electrons. The van der Waals surface area contributed by atoms with Gasteiger partial charge in [0.2, 0.25) is 0 Å². The molecule has 4 aliphatic rings. The lowest BCUT2D eigenvalue weighted by Gasteiger charge is -2.30. The molecule has 1 aromatic rings. The second-order valence-corrected chi connectivity index (χ2v) is 13.2. The van der Waals surface area contributed by atoms with E-state index in [9.17, 15) is 24.0 Å². The van der Waals surface area contributed by atoms with Gasteiger partial charge in [-0.1, -0.05) is 45.9 Å². The van der Waals surface area contributed by atoms with Crippen LogP contribution in [0.3, 0.4) is 0 Å². The number of esters is 4. The van der Waals surface area contributed by atoms with Gasteiger partial charge in [0.1, 0.15) is 18.3 Å². The first-order valence-electron chi connectivity index (χ1n) is 14.8. The van der Waals surface area contributed by atoms with Crippen LogP contribution in [0.2, 0.25) is 0 Å². The number of hydrogen-bond acceptors (Lipinski definition) is 10. The van der Waals surface area contributed by atoms with Crippen LogP contribution in [0.1, 0.15) is 72.2 Å². The summed E-state index contributed by atoms with van der Waals surface area (Å²) in [4.78, 5) is 65.0. The Balaban J connectivity index is 1.70. The molecule has 3 aliphatic carbocycles. The van der Waals surface area contributed by atoms with Crippen molar-refractivity contribution in [2.75, 3.05) is 0 Å². The first-order chi connectivity index (χ1) is 20.1. The van der Waals surface area contributed by atoms with Crippen molar-refractivity contribution in [3.8, 4) is 0 Å². The molecule has 1 aliphatic heterocycles. The van der Waals surface area contributed by atoms with Crippen LogP contribution in [0.4, 0.5) is 0 Å². The normalized spacial score (nSPS) is 40.2. The van der Waals surface area contributed by atoms with Crippen molar-refractivity contribution in [3.63, 3.8) is 0 Å². The second-order valence-electron chi connectivity index (χ2n) is 13.2. The van der Waals surface area contributed by atoms with Crippen molar-refractivity contribution in [1.29, 1.82) is 0 Å². The van der Waals surface area contributed by atoms with Gasteiger partial charge in [0.15, 0.2) is 23.1 Å². The summed E-state index contributed by atoms with van der Waals surface area (Å²) in [5, 5.41) is 0. The lowest BCUT2D eigenvalue weighted by atomic mass is 9.80. The SMILES string of the molecule is CC(=O)O[C@H]1[C@H]2[C@@H]([C@H](OC(C)=O)[C@@H](OC(=O)c3ccccc3)/C(C)=C\[C@]34O[C@]3(C[C@@H](C)[C@H]4OC(C)=O)C(=O)[C@@H]1C)C2(C)C. The summed E-state index contributed by atoms with van der Waals surface area (Å²) in [7, 11) is 0. The minimum Gasteiger partial charge on any atom is -0.461 e. The van der Waals surface area contributed by atoms with E-state index >= 15 is 0 Å². The molecule has 10 nitrogen and oxygen atoms in total. The summed E-state index contributed by atoms with van der Waals surface area (Å²) < 4.78 is 30.1. The molecule has 1 saturated heterocycles. The maximum absolute atomic E-state index is 14.4. The molecule has 0 unspecified atom stereocenters. The van der Waals surface area contributed by atoms with Gasteiger partial charge in [0, 0.05) is 32.6 Å². The summed E-state index contributed by atoms with van der Waals surface area (Å²) in [6.07, 6.45) is -1.73. The highest BCUT2D eigenvalue weighted by Gasteiger charge is 2.84. The fourth-order valence-electron chi connectivity index (χ4n) is 7.97. The average Bonchev–Trinajstić information content (AvgIpc) is 3.71. The Kier molecular flexibility index (Phi) is 7.60. The number of Topliss-reactive ketones (excluding diaryl/α,β-unsaturated/α-hetero) is 1. The van der Waals surface area contributed by atoms with E-state index in [1.165, 1.54) is 20.8 Å². The molecule has 0 N–H and O–H groups in total. The van der Waals surface area contributed by atoms with E-state index in [-0.39, 0.29) is 18.1 Å². The third-order valence-electron chi connectivity index (χ3n) is 9.82. The van der Waals surface area contributed by atoms with E-state index in [2.05, 4.69) is 0 Å². The fourth-order valence-corrected chi connectivity index (χ4v) is 7.97. The van der Waals surface area contributed by atoms with Gasteiger partial charge >= 0.3 is 23.9 Å². The number of carbonyl (C=O) groups excluding carboxylic acids is 5. The van der Waals surface area contributed by atoms with Crippen molar-refractivity contribution in [2.24, 2.45) is 29.1 Å². The van der Waals surface area contributed by atoms with Gasteiger partial charge in [-0.05, 0) is 48.5 Å². The molecular formula is C33H40O10. The van der Waals surface area contributed by atoms with Gasteiger partial charge in [-0.15, -0.1) is 0 Å². The zero-order valence-electron chi connectivity index (χ0n) is 25.9. The first-order valence-corrected chi connectivity index (χ1v) is 14.8. The van der Waals surface area contributed by atoms with E-state index in [0.29, 0.717) is 11.1 Å². The predicted molar refractivity (Wildman–Crippen MR) is 151 cm³/mol. The maximum atomic E-state index is 14.4. The number of fused-ring (bicyclic) bond motifs is 1. The van der Waals surface area contributed by atoms with Crippen LogP contribution in [-0.4, -0.2) is 65.3 Å². The molecule has 0 amide bonds. The summed E-state index contributed by atoms with van der Waals surface area (Å²) in [6, 6.07) is 8.45. The Labute approximate surface area is 251 Å². The molecule has 3 fully saturated rings. The number of hydrogen-bond donors (Lipinski definition) is 0. The van der Waals surface area contributed by atoms with Crippen molar-refractivity contribution >= 4 is 29.7 Å². The number of ketones is 1. The van der Waals surface area contributed by atoms with Crippen molar-refractivity contribution < 1.29 is 47.7 Å². The third kappa shape index (κ3) is 4.97. The highest BCUT2D eigenvalue weighted by Crippen LogP contribution is 2.68. The van der Waals surface area contributed by atoms with Crippen LogP contribution in [0.15, 0.2) is 42.0 Å². The largest absolute Gasteiger partial charge is 0.461 e. The lowest BCUT2D eigenvalue weighted by Crippen LogP contribution is -2.43. The molecule has 1 aromatic carbocycles. The van der Waals surface area contributed by atoms with Crippen LogP contribution < -0.4 is 0 Å². The molecule has 2 saturated carbocycles. The van der Waals surface area contributed by atoms with Crippen LogP contribution in [-0.2, 0) is 42.9 Å². The zero-order valence-corrected chi connectivity index (χ0v) is 25.9. The molecule has 1 heterocycles. The lowest BCUT2D eigenvalue weighted by molar-refractivity contribution is -0.158. The number of carbonyl (C=O) groups is 5. The Morgan fingerprint density at radius 3 is 1.98 bits per heavy atom. The molecular weight excluding hydrogens is 556 g/mol. The first kappa shape index (κ1) is 30.9. The minimum absolute atomic E-state index is 0.243. The van der Waals surface area contributed by atoms with Gasteiger partial charge < -0.3 is 23.7 Å². The van der Waals surface area contributed by atoms with Crippen molar-refractivity contribution in [1.82, 2.24) is 0 Å². The maximum Gasteiger partial charge on any atom is 0.338 e. The average molecular weight is 597 g/mol. The molecule has 10 atom stereocenters. The Morgan fingerprint density at radius 1 is 0.837 bits per heavy atom. The molecule has 0 aromatic heterocycles. The van der Waals surface area contributed by atoms with Crippen LogP contribution in [0.5, 0.6) is 0 Å². The Hall–Kier alpha value is -3.53. The Morgan fingerprint density at radius 2 is 1.40 bits per heavy atom. The van der Waals surface area contributed by atoms with Crippen molar-refractivity contribution in [2.45, 2.75) is 97.4 Å².